The predicted molar refractivity (Wildman–Crippen MR) is 97.5 cm³/mol. The lowest BCUT2D eigenvalue weighted by atomic mass is 10.1. The summed E-state index contributed by atoms with van der Waals surface area (Å²) in [7, 11) is 0. The number of hydrogen-bond acceptors (Lipinski definition) is 2. The van der Waals surface area contributed by atoms with Gasteiger partial charge in [-0.15, -0.1) is 6.58 Å². The highest BCUT2D eigenvalue weighted by Gasteiger charge is 2.29. The molecule has 1 fully saturated rings. The fourth-order valence-corrected chi connectivity index (χ4v) is 3.20. The first-order valence-electron chi connectivity index (χ1n) is 8.63. The Bertz CT molecular complexity index is 861. The van der Waals surface area contributed by atoms with Gasteiger partial charge in [0.25, 0.3) is 0 Å². The van der Waals surface area contributed by atoms with Gasteiger partial charge in [-0.1, -0.05) is 36.4 Å². The van der Waals surface area contributed by atoms with Gasteiger partial charge in [0.15, 0.2) is 0 Å². The highest BCUT2D eigenvalue weighted by Crippen LogP contribution is 2.40. The van der Waals surface area contributed by atoms with E-state index < -0.39 is 0 Å². The Hall–Kier alpha value is -2.55. The van der Waals surface area contributed by atoms with Crippen LogP contribution >= 0.6 is 0 Å². The predicted octanol–water partition coefficient (Wildman–Crippen LogP) is 4.72. The lowest BCUT2D eigenvalue weighted by molar-refractivity contribution is 0.296. The van der Waals surface area contributed by atoms with Gasteiger partial charge in [-0.2, -0.15) is 0 Å². The molecule has 0 spiro atoms. The van der Waals surface area contributed by atoms with Crippen LogP contribution in [0.5, 0.6) is 5.75 Å². The van der Waals surface area contributed by atoms with Crippen molar-refractivity contribution >= 4 is 11.0 Å². The number of fused-ring (bicyclic) bond motifs is 1. The van der Waals surface area contributed by atoms with Crippen LogP contribution in [0, 0.1) is 0 Å². The summed E-state index contributed by atoms with van der Waals surface area (Å²) in [6.45, 7) is 5.30. The van der Waals surface area contributed by atoms with E-state index >= 15 is 0 Å². The summed E-state index contributed by atoms with van der Waals surface area (Å²) in [4.78, 5) is 4.84. The molecule has 3 aromatic rings. The van der Waals surface area contributed by atoms with E-state index in [0.29, 0.717) is 12.5 Å². The van der Waals surface area contributed by atoms with Crippen LogP contribution in [0.3, 0.4) is 0 Å². The molecule has 1 aromatic heterocycles. The average molecular weight is 318 g/mol. The zero-order valence-electron chi connectivity index (χ0n) is 13.8. The van der Waals surface area contributed by atoms with Gasteiger partial charge in [-0.05, 0) is 43.0 Å². The van der Waals surface area contributed by atoms with Crippen LogP contribution in [0.25, 0.3) is 11.0 Å². The summed E-state index contributed by atoms with van der Waals surface area (Å²) in [6, 6.07) is 16.6. The average Bonchev–Trinajstić information content (AvgIpc) is 3.39. The van der Waals surface area contributed by atoms with Crippen molar-refractivity contribution in [3.63, 3.8) is 0 Å². The number of allylic oxidation sites excluding steroid dienone is 1. The third kappa shape index (κ3) is 2.94. The Labute approximate surface area is 142 Å². The van der Waals surface area contributed by atoms with Gasteiger partial charge >= 0.3 is 0 Å². The van der Waals surface area contributed by atoms with E-state index in [1.165, 1.54) is 29.7 Å². The summed E-state index contributed by atoms with van der Waals surface area (Å²) in [5.74, 6) is 2.81. The molecule has 1 heterocycles. The molecule has 1 saturated carbocycles. The molecule has 0 bridgehead atoms. The molecule has 3 nitrogen and oxygen atoms in total. The Morgan fingerprint density at radius 3 is 2.75 bits per heavy atom. The molecule has 0 radical (unpaired) electrons. The monoisotopic (exact) mass is 318 g/mol. The number of imidazole rings is 1. The van der Waals surface area contributed by atoms with Crippen LogP contribution in [0.1, 0.15) is 30.1 Å². The molecular weight excluding hydrogens is 296 g/mol. The normalized spacial score (nSPS) is 14.0. The van der Waals surface area contributed by atoms with Gasteiger partial charge in [-0.3, -0.25) is 0 Å². The van der Waals surface area contributed by atoms with Crippen molar-refractivity contribution < 1.29 is 4.74 Å². The lowest BCUT2D eigenvalue weighted by Crippen LogP contribution is -2.11. The van der Waals surface area contributed by atoms with E-state index in [4.69, 9.17) is 9.72 Å². The zero-order valence-corrected chi connectivity index (χ0v) is 13.8. The minimum absolute atomic E-state index is 0.630. The third-order valence-electron chi connectivity index (χ3n) is 4.54. The van der Waals surface area contributed by atoms with Crippen LogP contribution in [-0.2, 0) is 13.0 Å². The second kappa shape index (κ2) is 6.52. The molecule has 0 atom stereocenters. The van der Waals surface area contributed by atoms with Crippen LogP contribution in [0.2, 0.25) is 0 Å². The topological polar surface area (TPSA) is 27.1 Å². The molecule has 1 aliphatic carbocycles. The van der Waals surface area contributed by atoms with Gasteiger partial charge in [0.05, 0.1) is 17.6 Å². The van der Waals surface area contributed by atoms with E-state index in [2.05, 4.69) is 41.5 Å². The van der Waals surface area contributed by atoms with Gasteiger partial charge < -0.3 is 9.30 Å². The molecule has 1 aliphatic rings. The first kappa shape index (κ1) is 15.0. The second-order valence-corrected chi connectivity index (χ2v) is 6.33. The molecule has 0 N–H and O–H groups in total. The Kier molecular flexibility index (Phi) is 4.08. The number of para-hydroxylation sites is 3. The molecule has 3 heteroatoms. The first-order valence-corrected chi connectivity index (χ1v) is 8.63. The maximum absolute atomic E-state index is 6.07. The highest BCUT2D eigenvalue weighted by molar-refractivity contribution is 5.76. The first-order chi connectivity index (χ1) is 11.9. The second-order valence-electron chi connectivity index (χ2n) is 6.33. The van der Waals surface area contributed by atoms with Crippen molar-refractivity contribution in [1.29, 1.82) is 0 Å². The highest BCUT2D eigenvalue weighted by atomic mass is 16.5. The Morgan fingerprint density at radius 2 is 1.92 bits per heavy atom. The van der Waals surface area contributed by atoms with E-state index in [1.54, 1.807) is 0 Å². The SMILES string of the molecule is C=CCc1ccccc1OCCn1c(C2CC2)nc2ccccc21. The van der Waals surface area contributed by atoms with E-state index in [0.717, 1.165) is 24.2 Å². The van der Waals surface area contributed by atoms with Crippen LogP contribution in [0.15, 0.2) is 61.2 Å². The summed E-state index contributed by atoms with van der Waals surface area (Å²) < 4.78 is 8.41. The van der Waals surface area contributed by atoms with Gasteiger partial charge in [-0.25, -0.2) is 4.98 Å². The third-order valence-corrected chi connectivity index (χ3v) is 4.54. The van der Waals surface area contributed by atoms with E-state index in [-0.39, 0.29) is 0 Å². The van der Waals surface area contributed by atoms with Crippen molar-refractivity contribution in [2.75, 3.05) is 6.61 Å². The number of benzene rings is 2. The van der Waals surface area contributed by atoms with E-state index in [9.17, 15) is 0 Å². The molecule has 0 amide bonds. The van der Waals surface area contributed by atoms with E-state index in [1.807, 2.05) is 24.3 Å². The minimum Gasteiger partial charge on any atom is -0.491 e. The molecule has 2 aromatic carbocycles. The molecular formula is C21H22N2O. The van der Waals surface area contributed by atoms with Crippen molar-refractivity contribution in [2.24, 2.45) is 0 Å². The molecule has 122 valence electrons. The zero-order chi connectivity index (χ0) is 16.4. The molecule has 24 heavy (non-hydrogen) atoms. The number of ether oxygens (including phenoxy) is 1. The number of rotatable bonds is 7. The lowest BCUT2D eigenvalue weighted by Gasteiger charge is -2.13. The number of nitrogens with zero attached hydrogens (tertiary/aromatic N) is 2. The fraction of sp³-hybridized carbons (Fsp3) is 0.286. The van der Waals surface area contributed by atoms with Crippen molar-refractivity contribution in [3.05, 3.63) is 72.6 Å². The molecule has 4 rings (SSSR count). The smallest absolute Gasteiger partial charge is 0.122 e. The van der Waals surface area contributed by atoms with Crippen molar-refractivity contribution in [1.82, 2.24) is 9.55 Å². The maximum atomic E-state index is 6.07. The molecule has 0 aliphatic heterocycles. The quantitative estimate of drug-likeness (QED) is 0.589. The van der Waals surface area contributed by atoms with Crippen molar-refractivity contribution in [3.8, 4) is 5.75 Å². The number of hydrogen-bond donors (Lipinski definition) is 0. The molecule has 0 unspecified atom stereocenters. The van der Waals surface area contributed by atoms with Gasteiger partial charge in [0, 0.05) is 5.92 Å². The minimum atomic E-state index is 0.630. The fourth-order valence-electron chi connectivity index (χ4n) is 3.20. The van der Waals surface area contributed by atoms with Crippen LogP contribution in [0.4, 0.5) is 0 Å². The summed E-state index contributed by atoms with van der Waals surface area (Å²) in [5.41, 5.74) is 3.49. The summed E-state index contributed by atoms with van der Waals surface area (Å²) >= 11 is 0. The maximum Gasteiger partial charge on any atom is 0.122 e. The number of aromatic nitrogens is 2. The Morgan fingerprint density at radius 1 is 1.12 bits per heavy atom. The van der Waals surface area contributed by atoms with Crippen LogP contribution in [-0.4, -0.2) is 16.2 Å². The largest absolute Gasteiger partial charge is 0.491 e. The Balaban J connectivity index is 1.53. The summed E-state index contributed by atoms with van der Waals surface area (Å²) in [5, 5.41) is 0. The van der Waals surface area contributed by atoms with Gasteiger partial charge in [0.2, 0.25) is 0 Å². The molecule has 0 saturated heterocycles. The van der Waals surface area contributed by atoms with Crippen molar-refractivity contribution in [2.45, 2.75) is 31.7 Å². The van der Waals surface area contributed by atoms with Crippen LogP contribution < -0.4 is 4.74 Å². The van der Waals surface area contributed by atoms with Gasteiger partial charge in [0.1, 0.15) is 18.2 Å². The standard InChI is InChI=1S/C21H22N2O/c1-2-7-16-8-3-6-11-20(16)24-15-14-23-19-10-5-4-9-18(19)22-21(23)17-12-13-17/h2-6,8-11,17H,1,7,12-15H2. The summed E-state index contributed by atoms with van der Waals surface area (Å²) in [6.07, 6.45) is 5.26.